The highest BCUT2D eigenvalue weighted by Gasteiger charge is 2.31. The smallest absolute Gasteiger partial charge is 0.257 e. The molecule has 1 aromatic rings. The molecule has 174 valence electrons. The number of amides is 1. The van der Waals surface area contributed by atoms with Crippen molar-refractivity contribution >= 4 is 21.6 Å². The molecule has 0 spiro atoms. The van der Waals surface area contributed by atoms with Crippen LogP contribution in [-0.4, -0.2) is 82.9 Å². The van der Waals surface area contributed by atoms with Gasteiger partial charge in [0.25, 0.3) is 5.91 Å². The van der Waals surface area contributed by atoms with Gasteiger partial charge in [0.1, 0.15) is 12.4 Å². The molecule has 1 saturated carbocycles. The third-order valence-corrected chi connectivity index (χ3v) is 6.67. The molecular formula is C22H35N3O5S. The van der Waals surface area contributed by atoms with Gasteiger partial charge in [-0.3, -0.25) is 14.4 Å². The number of carbonyl (C=O) groups is 1. The molecule has 1 aliphatic heterocycles. The molecule has 0 saturated heterocycles. The van der Waals surface area contributed by atoms with Crippen LogP contribution in [0, 0.1) is 11.8 Å². The summed E-state index contributed by atoms with van der Waals surface area (Å²) in [5.74, 6) is 1.21. The lowest BCUT2D eigenvalue weighted by atomic mass is 10.0. The molecule has 9 heteroatoms. The van der Waals surface area contributed by atoms with Crippen molar-refractivity contribution in [3.8, 4) is 5.75 Å². The highest BCUT2D eigenvalue weighted by Crippen LogP contribution is 2.32. The van der Waals surface area contributed by atoms with E-state index in [9.17, 15) is 13.2 Å². The molecule has 0 aromatic heterocycles. The topological polar surface area (TPSA) is 88.2 Å². The molecule has 1 amide bonds. The van der Waals surface area contributed by atoms with E-state index in [1.54, 1.807) is 37.3 Å². The number of nitrogens with one attached hydrogen (secondary N) is 1. The average molecular weight is 454 g/mol. The maximum absolute atomic E-state index is 13.2. The fourth-order valence-electron chi connectivity index (χ4n) is 4.02. The van der Waals surface area contributed by atoms with Crippen molar-refractivity contribution in [1.29, 1.82) is 0 Å². The number of nitrogens with zero attached hydrogens (tertiary/aromatic N) is 2. The zero-order valence-electron chi connectivity index (χ0n) is 19.1. The molecule has 8 nitrogen and oxygen atoms in total. The minimum Gasteiger partial charge on any atom is -0.491 e. The quantitative estimate of drug-likeness (QED) is 0.736. The monoisotopic (exact) mass is 453 g/mol. The first-order valence-electron chi connectivity index (χ1n) is 10.8. The van der Waals surface area contributed by atoms with E-state index in [2.05, 4.69) is 23.5 Å². The number of hydrogen-bond donors (Lipinski definition) is 1. The second-order valence-electron chi connectivity index (χ2n) is 9.08. The number of rotatable bonds is 5. The Morgan fingerprint density at radius 3 is 2.55 bits per heavy atom. The number of carbonyl (C=O) groups excluding carboxylic acids is 1. The minimum atomic E-state index is -3.46. The van der Waals surface area contributed by atoms with E-state index in [-0.39, 0.29) is 24.0 Å². The summed E-state index contributed by atoms with van der Waals surface area (Å²) < 4.78 is 37.6. The molecule has 3 atom stereocenters. The van der Waals surface area contributed by atoms with Gasteiger partial charge in [-0.05, 0) is 49.8 Å². The fourth-order valence-corrected chi connectivity index (χ4v) is 4.57. The Kier molecular flexibility index (Phi) is 7.49. The molecule has 1 heterocycles. The number of sulfonamides is 1. The maximum atomic E-state index is 13.2. The molecule has 1 fully saturated rings. The van der Waals surface area contributed by atoms with Gasteiger partial charge in [-0.25, -0.2) is 8.42 Å². The summed E-state index contributed by atoms with van der Waals surface area (Å²) in [7, 11) is -0.0391. The van der Waals surface area contributed by atoms with Crippen LogP contribution in [0.2, 0.25) is 0 Å². The minimum absolute atomic E-state index is 0.107. The molecule has 0 radical (unpaired) electrons. The van der Waals surface area contributed by atoms with Crippen molar-refractivity contribution in [2.75, 3.05) is 51.4 Å². The third kappa shape index (κ3) is 6.57. The number of fused-ring (bicyclic) bond motifs is 1. The summed E-state index contributed by atoms with van der Waals surface area (Å²) in [6.45, 7) is 7.12. The number of benzene rings is 1. The van der Waals surface area contributed by atoms with Gasteiger partial charge in [-0.15, -0.1) is 0 Å². The summed E-state index contributed by atoms with van der Waals surface area (Å²) in [5, 5.41) is 0. The number of ether oxygens (including phenoxy) is 2. The Labute approximate surface area is 185 Å². The molecule has 1 aliphatic carbocycles. The van der Waals surface area contributed by atoms with E-state index in [1.807, 2.05) is 0 Å². The van der Waals surface area contributed by atoms with E-state index in [4.69, 9.17) is 9.47 Å². The van der Waals surface area contributed by atoms with Gasteiger partial charge in [-0.2, -0.15) is 0 Å². The van der Waals surface area contributed by atoms with E-state index in [0.29, 0.717) is 30.2 Å². The van der Waals surface area contributed by atoms with Crippen molar-refractivity contribution in [2.45, 2.75) is 38.8 Å². The van der Waals surface area contributed by atoms with Crippen molar-refractivity contribution in [2.24, 2.45) is 11.8 Å². The summed E-state index contributed by atoms with van der Waals surface area (Å²) in [6, 6.07) is 4.99. The third-order valence-electron chi connectivity index (χ3n) is 6.07. The number of hydrogen-bond acceptors (Lipinski definition) is 6. The van der Waals surface area contributed by atoms with Crippen LogP contribution in [0.4, 0.5) is 5.69 Å². The zero-order chi connectivity index (χ0) is 22.8. The molecule has 3 rings (SSSR count). The Bertz CT molecular complexity index is 887. The van der Waals surface area contributed by atoms with Crippen molar-refractivity contribution < 1.29 is 22.7 Å². The van der Waals surface area contributed by atoms with Crippen molar-refractivity contribution in [3.63, 3.8) is 0 Å². The van der Waals surface area contributed by atoms with E-state index in [1.165, 1.54) is 12.8 Å². The zero-order valence-corrected chi connectivity index (χ0v) is 19.9. The fraction of sp³-hybridized carbons (Fsp3) is 0.682. The van der Waals surface area contributed by atoms with Crippen LogP contribution in [0.5, 0.6) is 5.75 Å². The maximum Gasteiger partial charge on any atom is 0.257 e. The molecule has 0 unspecified atom stereocenters. The first-order chi connectivity index (χ1) is 14.6. The highest BCUT2D eigenvalue weighted by atomic mass is 32.2. The number of anilines is 1. The Morgan fingerprint density at radius 2 is 1.94 bits per heavy atom. The first-order valence-corrected chi connectivity index (χ1v) is 12.7. The van der Waals surface area contributed by atoms with Crippen LogP contribution in [0.3, 0.4) is 0 Å². The van der Waals surface area contributed by atoms with E-state index in [0.717, 1.165) is 25.3 Å². The summed E-state index contributed by atoms with van der Waals surface area (Å²) in [5.41, 5.74) is 0.666. The van der Waals surface area contributed by atoms with Gasteiger partial charge in [0.2, 0.25) is 10.0 Å². The van der Waals surface area contributed by atoms with E-state index >= 15 is 0 Å². The number of likely N-dealkylation sites (N-methyl/N-ethyl adjacent to an activating group) is 1. The number of methoxy groups -OCH3 is 1. The average Bonchev–Trinajstić information content (AvgIpc) is 3.51. The highest BCUT2D eigenvalue weighted by molar-refractivity contribution is 7.92. The van der Waals surface area contributed by atoms with Crippen LogP contribution in [0.25, 0.3) is 0 Å². The van der Waals surface area contributed by atoms with Crippen LogP contribution in [0.1, 0.15) is 37.0 Å². The second-order valence-corrected chi connectivity index (χ2v) is 10.8. The Hall–Kier alpha value is -1.84. The van der Waals surface area contributed by atoms with Crippen LogP contribution in [0.15, 0.2) is 18.2 Å². The Morgan fingerprint density at radius 1 is 1.23 bits per heavy atom. The molecule has 1 N–H and O–H groups in total. The normalized spacial score (nSPS) is 26.4. The van der Waals surface area contributed by atoms with E-state index < -0.39 is 10.0 Å². The standard InChI is InChI=1S/C22H35N3O5S/c1-15-11-25(12-17-6-7-17)16(2)14-30-20-9-8-18(23-31(5,27)28)10-19(20)22(26)24(3)13-21(15)29-4/h8-10,15-17,21,23H,6-7,11-14H2,1-5H3/t15-,16+,21+/m0/s1. The SMILES string of the molecule is CO[C@@H]1CN(C)C(=O)c2cc(NS(C)(=O)=O)ccc2OC[C@@H](C)N(CC2CC2)C[C@@H]1C. The predicted molar refractivity (Wildman–Crippen MR) is 121 cm³/mol. The lowest BCUT2D eigenvalue weighted by Gasteiger charge is -2.36. The van der Waals surface area contributed by atoms with Crippen molar-refractivity contribution in [1.82, 2.24) is 9.80 Å². The lowest BCUT2D eigenvalue weighted by molar-refractivity contribution is 0.00994. The van der Waals surface area contributed by atoms with Crippen LogP contribution < -0.4 is 9.46 Å². The lowest BCUT2D eigenvalue weighted by Crippen LogP contribution is -2.47. The van der Waals surface area contributed by atoms with Gasteiger partial charge < -0.3 is 14.4 Å². The van der Waals surface area contributed by atoms with Gasteiger partial charge >= 0.3 is 0 Å². The van der Waals surface area contributed by atoms with Gasteiger partial charge in [0.15, 0.2) is 0 Å². The second kappa shape index (κ2) is 9.75. The molecule has 2 aliphatic rings. The van der Waals surface area contributed by atoms with Gasteiger partial charge in [0, 0.05) is 45.5 Å². The molecule has 1 aromatic carbocycles. The summed E-state index contributed by atoms with van der Waals surface area (Å²) >= 11 is 0. The predicted octanol–water partition coefficient (Wildman–Crippen LogP) is 2.27. The molecular weight excluding hydrogens is 418 g/mol. The van der Waals surface area contributed by atoms with Gasteiger partial charge in [0.05, 0.1) is 17.9 Å². The largest absolute Gasteiger partial charge is 0.491 e. The molecule has 0 bridgehead atoms. The molecule has 31 heavy (non-hydrogen) atoms. The van der Waals surface area contributed by atoms with Gasteiger partial charge in [-0.1, -0.05) is 6.92 Å². The Balaban J connectivity index is 1.93. The summed E-state index contributed by atoms with van der Waals surface area (Å²) in [6.07, 6.45) is 3.53. The first kappa shape index (κ1) is 23.8. The van der Waals surface area contributed by atoms with Crippen LogP contribution in [-0.2, 0) is 14.8 Å². The van der Waals surface area contributed by atoms with Crippen LogP contribution >= 0.6 is 0 Å². The van der Waals surface area contributed by atoms with Crippen molar-refractivity contribution in [3.05, 3.63) is 23.8 Å². The summed E-state index contributed by atoms with van der Waals surface area (Å²) in [4.78, 5) is 17.3.